The van der Waals surface area contributed by atoms with E-state index in [-0.39, 0.29) is 29.8 Å². The van der Waals surface area contributed by atoms with E-state index in [9.17, 15) is 19.5 Å². The van der Waals surface area contributed by atoms with Crippen LogP contribution in [-0.4, -0.2) is 53.2 Å². The van der Waals surface area contributed by atoms with Gasteiger partial charge in [-0.25, -0.2) is 4.98 Å². The van der Waals surface area contributed by atoms with Gasteiger partial charge in [0.25, 0.3) is 5.91 Å². The van der Waals surface area contributed by atoms with Crippen LogP contribution in [0.2, 0.25) is 0 Å². The Kier molecular flexibility index (Phi) is 6.72. The molecule has 3 aliphatic heterocycles. The molecule has 0 fully saturated rings. The lowest BCUT2D eigenvalue weighted by molar-refractivity contribution is -0.135. The molecule has 6 rings (SSSR count). The fourth-order valence-electron chi connectivity index (χ4n) is 6.13. The molecule has 3 amide bonds. The Balaban J connectivity index is 1.60. The SMILES string of the molecule is CNC(=O)c1nc2oc1C13c4ccccc4N[C@H]1Oc1ccc(cc13)C[C@H](NC(=O)[C@@H](O)C(C)C)C(=O)N[C@H]2C(C)C. The monoisotopic (exact) mass is 573 g/mol. The van der Waals surface area contributed by atoms with Crippen molar-refractivity contribution in [1.82, 2.24) is 20.9 Å². The van der Waals surface area contributed by atoms with Gasteiger partial charge in [-0.05, 0) is 35.1 Å². The second-order valence-corrected chi connectivity index (χ2v) is 11.8. The second kappa shape index (κ2) is 10.2. The number of oxazole rings is 1. The number of ether oxygens (including phenoxy) is 1. The van der Waals surface area contributed by atoms with E-state index in [1.54, 1.807) is 13.8 Å². The van der Waals surface area contributed by atoms with E-state index >= 15 is 0 Å². The summed E-state index contributed by atoms with van der Waals surface area (Å²) >= 11 is 0. The number of hydrogen-bond donors (Lipinski definition) is 5. The summed E-state index contributed by atoms with van der Waals surface area (Å²) in [6, 6.07) is 11.7. The Morgan fingerprint density at radius 2 is 1.86 bits per heavy atom. The van der Waals surface area contributed by atoms with Crippen LogP contribution in [0.25, 0.3) is 0 Å². The molecule has 42 heavy (non-hydrogen) atoms. The average Bonchev–Trinajstić information content (AvgIpc) is 3.63. The highest BCUT2D eigenvalue weighted by atomic mass is 16.5. The molecule has 1 spiro atoms. The number of aliphatic hydroxyl groups excluding tert-OH is 1. The fourth-order valence-corrected chi connectivity index (χ4v) is 6.13. The van der Waals surface area contributed by atoms with Crippen molar-refractivity contribution in [2.75, 3.05) is 12.4 Å². The summed E-state index contributed by atoms with van der Waals surface area (Å²) in [4.78, 5) is 44.7. The van der Waals surface area contributed by atoms with Crippen LogP contribution in [0.1, 0.15) is 72.6 Å². The van der Waals surface area contributed by atoms with Crippen molar-refractivity contribution in [3.8, 4) is 5.75 Å². The predicted molar refractivity (Wildman–Crippen MR) is 153 cm³/mol. The molecule has 5 N–H and O–H groups in total. The molecule has 1 aromatic heterocycles. The van der Waals surface area contributed by atoms with Gasteiger partial charge in [-0.15, -0.1) is 0 Å². The molecule has 11 heteroatoms. The number of benzene rings is 2. The zero-order valence-electron chi connectivity index (χ0n) is 24.1. The predicted octanol–water partition coefficient (Wildman–Crippen LogP) is 2.38. The van der Waals surface area contributed by atoms with Crippen LogP contribution >= 0.6 is 0 Å². The summed E-state index contributed by atoms with van der Waals surface area (Å²) in [5.41, 5.74) is 2.25. The van der Waals surface area contributed by atoms with Crippen LogP contribution in [0, 0.1) is 11.8 Å². The molecule has 0 aliphatic carbocycles. The van der Waals surface area contributed by atoms with Crippen molar-refractivity contribution in [3.63, 3.8) is 0 Å². The van der Waals surface area contributed by atoms with Crippen molar-refractivity contribution >= 4 is 23.4 Å². The van der Waals surface area contributed by atoms with Crippen LogP contribution in [0.15, 0.2) is 46.9 Å². The van der Waals surface area contributed by atoms with Crippen LogP contribution in [0.4, 0.5) is 5.69 Å². The number of nitrogens with zero attached hydrogens (tertiary/aromatic N) is 1. The summed E-state index contributed by atoms with van der Waals surface area (Å²) in [5.74, 6) is -0.953. The maximum atomic E-state index is 13.8. The maximum Gasteiger partial charge on any atom is 0.273 e. The molecule has 1 unspecified atom stereocenters. The number of aromatic nitrogens is 1. The molecular weight excluding hydrogens is 538 g/mol. The van der Waals surface area contributed by atoms with E-state index in [1.807, 2.05) is 56.3 Å². The molecule has 3 aliphatic rings. The summed E-state index contributed by atoms with van der Waals surface area (Å²) < 4.78 is 13.0. The van der Waals surface area contributed by atoms with Gasteiger partial charge in [0.2, 0.25) is 17.7 Å². The molecule has 0 saturated carbocycles. The molecule has 4 bridgehead atoms. The Bertz CT molecular complexity index is 1580. The van der Waals surface area contributed by atoms with Gasteiger partial charge in [0.1, 0.15) is 29.4 Å². The van der Waals surface area contributed by atoms with Crippen molar-refractivity contribution in [2.45, 2.75) is 63.9 Å². The van der Waals surface area contributed by atoms with E-state index in [2.05, 4.69) is 26.3 Å². The zero-order chi connectivity index (χ0) is 29.9. The minimum Gasteiger partial charge on any atom is -0.469 e. The number of amides is 3. The lowest BCUT2D eigenvalue weighted by Crippen LogP contribution is -2.52. The van der Waals surface area contributed by atoms with Crippen LogP contribution in [-0.2, 0) is 21.4 Å². The quantitative estimate of drug-likeness (QED) is 0.312. The maximum absolute atomic E-state index is 13.8. The van der Waals surface area contributed by atoms with Gasteiger partial charge >= 0.3 is 0 Å². The summed E-state index contributed by atoms with van der Waals surface area (Å²) in [6.45, 7) is 7.27. The lowest BCUT2D eigenvalue weighted by Gasteiger charge is -2.29. The molecule has 2 aromatic carbocycles. The highest BCUT2D eigenvalue weighted by Crippen LogP contribution is 2.58. The number of fused-ring (bicyclic) bond motifs is 4. The summed E-state index contributed by atoms with van der Waals surface area (Å²) in [5, 5.41) is 22.3. The lowest BCUT2D eigenvalue weighted by atomic mass is 9.72. The molecule has 11 nitrogen and oxygen atoms in total. The number of rotatable bonds is 5. The van der Waals surface area contributed by atoms with Gasteiger partial charge in [-0.1, -0.05) is 58.0 Å². The van der Waals surface area contributed by atoms with E-state index < -0.39 is 47.6 Å². The Labute approximate surface area is 243 Å². The standard InChI is InChI=1S/C31H35N5O6/c1-14(2)22-29-36-23(27(39)32-5)25(42-29)31-17-8-6-7-9-19(17)34-30(31)41-21-11-10-16(12-18(21)31)13-20(26(38)35-22)33-28(40)24(37)15(3)4/h6-12,14-15,20,22,24,30,34,37H,13H2,1-5H3,(H,32,39)(H,33,40)(H,35,38)/t20-,22-,24-,30-,31?/m0/s1. The normalized spacial score (nSPS) is 24.4. The van der Waals surface area contributed by atoms with Crippen LogP contribution in [0.3, 0.4) is 0 Å². The number of hydrogen-bond acceptors (Lipinski definition) is 8. The van der Waals surface area contributed by atoms with Crippen molar-refractivity contribution in [3.05, 3.63) is 76.5 Å². The summed E-state index contributed by atoms with van der Waals surface area (Å²) in [6.07, 6.45) is -1.75. The molecular formula is C31H35N5O6. The minimum absolute atomic E-state index is 0.0990. The largest absolute Gasteiger partial charge is 0.469 e. The van der Waals surface area contributed by atoms with E-state index in [4.69, 9.17) is 9.15 Å². The third-order valence-electron chi connectivity index (χ3n) is 8.39. The van der Waals surface area contributed by atoms with Crippen LogP contribution < -0.4 is 26.0 Å². The van der Waals surface area contributed by atoms with Gasteiger partial charge in [0, 0.05) is 24.7 Å². The Morgan fingerprint density at radius 3 is 2.57 bits per heavy atom. The number of para-hydroxylation sites is 1. The Hall–Kier alpha value is -4.38. The van der Waals surface area contributed by atoms with Crippen molar-refractivity contribution < 1.29 is 28.6 Å². The minimum atomic E-state index is -1.27. The molecule has 5 atom stereocenters. The highest BCUT2D eigenvalue weighted by molar-refractivity contribution is 5.95. The zero-order valence-corrected chi connectivity index (χ0v) is 24.1. The fraction of sp³-hybridized carbons (Fsp3) is 0.419. The highest BCUT2D eigenvalue weighted by Gasteiger charge is 2.61. The van der Waals surface area contributed by atoms with Crippen LogP contribution in [0.5, 0.6) is 5.75 Å². The summed E-state index contributed by atoms with van der Waals surface area (Å²) in [7, 11) is 1.53. The number of carbonyl (C=O) groups excluding carboxylic acids is 3. The van der Waals surface area contributed by atoms with Gasteiger partial charge < -0.3 is 35.5 Å². The number of anilines is 1. The number of carbonyl (C=O) groups is 3. The smallest absolute Gasteiger partial charge is 0.273 e. The van der Waals surface area contributed by atoms with Gasteiger partial charge in [-0.2, -0.15) is 0 Å². The van der Waals surface area contributed by atoms with Crippen molar-refractivity contribution in [1.29, 1.82) is 0 Å². The molecule has 3 aromatic rings. The number of nitrogens with one attached hydrogen (secondary N) is 4. The van der Waals surface area contributed by atoms with E-state index in [1.165, 1.54) is 7.05 Å². The average molecular weight is 574 g/mol. The third-order valence-corrected chi connectivity index (χ3v) is 8.39. The van der Waals surface area contributed by atoms with E-state index in [0.29, 0.717) is 11.5 Å². The second-order valence-electron chi connectivity index (χ2n) is 11.8. The third kappa shape index (κ3) is 4.13. The van der Waals surface area contributed by atoms with Gasteiger partial charge in [0.15, 0.2) is 17.7 Å². The number of aliphatic hydroxyl groups is 1. The van der Waals surface area contributed by atoms with Gasteiger partial charge in [-0.3, -0.25) is 14.4 Å². The first-order valence-electron chi connectivity index (χ1n) is 14.2. The topological polar surface area (TPSA) is 155 Å². The first kappa shape index (κ1) is 27.8. The molecule has 0 radical (unpaired) electrons. The van der Waals surface area contributed by atoms with Gasteiger partial charge in [0.05, 0.1) is 0 Å². The van der Waals surface area contributed by atoms with Crippen molar-refractivity contribution in [2.24, 2.45) is 11.8 Å². The molecule has 4 heterocycles. The first-order chi connectivity index (χ1) is 20.1. The molecule has 0 saturated heterocycles. The Morgan fingerprint density at radius 1 is 1.10 bits per heavy atom. The molecule has 220 valence electrons. The first-order valence-corrected chi connectivity index (χ1v) is 14.2. The van der Waals surface area contributed by atoms with E-state index in [0.717, 1.165) is 22.4 Å².